The molecule has 28 heavy (non-hydrogen) atoms. The van der Waals surface area contributed by atoms with Crippen LogP contribution in [0.3, 0.4) is 0 Å². The van der Waals surface area contributed by atoms with Crippen molar-refractivity contribution < 1.29 is 35.7 Å². The zero-order chi connectivity index (χ0) is 21.1. The monoisotopic (exact) mass is 420 g/mol. The number of fused-ring (bicyclic) bond motifs is 3. The summed E-state index contributed by atoms with van der Waals surface area (Å²) in [6.07, 6.45) is 2.56. The summed E-state index contributed by atoms with van der Waals surface area (Å²) >= 11 is 0. The molecule has 0 amide bonds. The zero-order valence-electron chi connectivity index (χ0n) is 15.8. The van der Waals surface area contributed by atoms with E-state index in [0.717, 1.165) is 5.56 Å². The van der Waals surface area contributed by atoms with E-state index in [1.165, 1.54) is 12.1 Å². The van der Waals surface area contributed by atoms with E-state index in [1.807, 2.05) is 13.8 Å². The van der Waals surface area contributed by atoms with Gasteiger partial charge >= 0.3 is 21.6 Å². The first-order valence-corrected chi connectivity index (χ1v) is 10.5. The minimum atomic E-state index is -5.77. The van der Waals surface area contributed by atoms with Crippen molar-refractivity contribution in [1.29, 1.82) is 0 Å². The van der Waals surface area contributed by atoms with Gasteiger partial charge in [0, 0.05) is 0 Å². The lowest BCUT2D eigenvalue weighted by atomic mass is 9.47. The number of halogens is 3. The third-order valence-corrected chi connectivity index (χ3v) is 7.94. The summed E-state index contributed by atoms with van der Waals surface area (Å²) in [4.78, 5) is 12.1. The molecular formula is C19H23F3O5S. The molecular weight excluding hydrogens is 397 g/mol. The van der Waals surface area contributed by atoms with Crippen LogP contribution in [-0.2, 0) is 26.7 Å². The van der Waals surface area contributed by atoms with Crippen molar-refractivity contribution in [1.82, 2.24) is 0 Å². The standard InChI is InChI=1S/C19H23F3O5S/c1-11-8-9-17(2)14-10-13(27-28(25,26)19(20,21)22)6-4-12(14)5-7-15(17)18(11,3)16(23)24/h4,6,10-11,15H,5,7-9H2,1-3H3,(H,23,24)/t11?,15-,17-,18+/m1/s1. The zero-order valence-corrected chi connectivity index (χ0v) is 16.7. The highest BCUT2D eigenvalue weighted by Gasteiger charge is 2.58. The van der Waals surface area contributed by atoms with Gasteiger partial charge in [-0.1, -0.05) is 19.9 Å². The number of rotatable bonds is 3. The van der Waals surface area contributed by atoms with Crippen LogP contribution in [0, 0.1) is 17.3 Å². The van der Waals surface area contributed by atoms with E-state index in [1.54, 1.807) is 13.0 Å². The van der Waals surface area contributed by atoms with Gasteiger partial charge in [0.05, 0.1) is 5.41 Å². The number of carboxylic acids is 1. The SMILES string of the molecule is CC1CC[C@]2(C)c3cc(OS(=O)(=O)C(F)(F)F)ccc3CC[C@H]2[C@@]1(C)C(=O)O. The van der Waals surface area contributed by atoms with Crippen LogP contribution >= 0.6 is 0 Å². The first kappa shape index (κ1) is 21.0. The van der Waals surface area contributed by atoms with E-state index < -0.39 is 38.2 Å². The Bertz CT molecular complexity index is 911. The van der Waals surface area contributed by atoms with Crippen molar-refractivity contribution >= 4 is 16.1 Å². The molecule has 2 aliphatic rings. The summed E-state index contributed by atoms with van der Waals surface area (Å²) in [7, 11) is -5.77. The minimum absolute atomic E-state index is 0.0466. The number of carbonyl (C=O) groups is 1. The summed E-state index contributed by atoms with van der Waals surface area (Å²) in [5.74, 6) is -1.56. The van der Waals surface area contributed by atoms with Gasteiger partial charge in [0.1, 0.15) is 5.75 Å². The van der Waals surface area contributed by atoms with Crippen molar-refractivity contribution in [2.45, 2.75) is 57.4 Å². The van der Waals surface area contributed by atoms with Crippen LogP contribution in [0.2, 0.25) is 0 Å². The molecule has 5 nitrogen and oxygen atoms in total. The maximum Gasteiger partial charge on any atom is 0.534 e. The Hall–Kier alpha value is -1.77. The lowest BCUT2D eigenvalue weighted by molar-refractivity contribution is -0.163. The van der Waals surface area contributed by atoms with Gasteiger partial charge in [-0.15, -0.1) is 0 Å². The van der Waals surface area contributed by atoms with Crippen molar-refractivity contribution in [3.8, 4) is 5.75 Å². The van der Waals surface area contributed by atoms with Gasteiger partial charge in [0.15, 0.2) is 0 Å². The van der Waals surface area contributed by atoms with Gasteiger partial charge in [-0.05, 0) is 73.1 Å². The van der Waals surface area contributed by atoms with E-state index in [0.29, 0.717) is 31.2 Å². The average Bonchev–Trinajstić information content (AvgIpc) is 2.57. The van der Waals surface area contributed by atoms with Gasteiger partial charge in [-0.25, -0.2) is 0 Å². The number of benzene rings is 1. The molecule has 0 aromatic heterocycles. The van der Waals surface area contributed by atoms with Crippen LogP contribution in [0.1, 0.15) is 51.2 Å². The van der Waals surface area contributed by atoms with Crippen LogP contribution in [0.15, 0.2) is 18.2 Å². The van der Waals surface area contributed by atoms with E-state index in [2.05, 4.69) is 4.18 Å². The predicted octanol–water partition coefficient (Wildman–Crippen LogP) is 4.26. The molecule has 0 bridgehead atoms. The molecule has 0 spiro atoms. The number of aliphatic carboxylic acids is 1. The first-order chi connectivity index (χ1) is 12.7. The fraction of sp³-hybridized carbons (Fsp3) is 0.632. The van der Waals surface area contributed by atoms with Crippen LogP contribution in [-0.4, -0.2) is 25.0 Å². The van der Waals surface area contributed by atoms with E-state index in [-0.39, 0.29) is 11.8 Å². The highest BCUT2D eigenvalue weighted by atomic mass is 32.2. The second-order valence-electron chi connectivity index (χ2n) is 8.34. The molecule has 0 aliphatic heterocycles. The summed E-state index contributed by atoms with van der Waals surface area (Å²) in [5, 5.41) is 9.94. The number of alkyl halides is 3. The van der Waals surface area contributed by atoms with E-state index in [9.17, 15) is 31.5 Å². The molecule has 1 saturated carbocycles. The maximum atomic E-state index is 12.7. The van der Waals surface area contributed by atoms with E-state index in [4.69, 9.17) is 0 Å². The molecule has 0 radical (unpaired) electrons. The van der Waals surface area contributed by atoms with Gasteiger partial charge < -0.3 is 9.29 Å². The molecule has 9 heteroatoms. The molecule has 1 aromatic rings. The van der Waals surface area contributed by atoms with Gasteiger partial charge in [0.25, 0.3) is 0 Å². The van der Waals surface area contributed by atoms with Crippen LogP contribution in [0.4, 0.5) is 13.2 Å². The Morgan fingerprint density at radius 3 is 2.46 bits per heavy atom. The molecule has 1 unspecified atom stereocenters. The third-order valence-electron chi connectivity index (χ3n) is 6.96. The minimum Gasteiger partial charge on any atom is -0.481 e. The van der Waals surface area contributed by atoms with Crippen LogP contribution in [0.5, 0.6) is 5.75 Å². The Morgan fingerprint density at radius 1 is 1.25 bits per heavy atom. The number of aryl methyl sites for hydroxylation is 1. The number of carboxylic acid groups (broad SMARTS) is 1. The fourth-order valence-electron chi connectivity index (χ4n) is 5.13. The fourth-order valence-corrected chi connectivity index (χ4v) is 5.58. The molecule has 156 valence electrons. The maximum absolute atomic E-state index is 12.7. The molecule has 0 saturated heterocycles. The first-order valence-electron chi connectivity index (χ1n) is 9.11. The van der Waals surface area contributed by atoms with Crippen molar-refractivity contribution in [3.05, 3.63) is 29.3 Å². The molecule has 1 fully saturated rings. The third kappa shape index (κ3) is 2.98. The molecule has 4 atom stereocenters. The Labute approximate surface area is 162 Å². The molecule has 2 aliphatic carbocycles. The topological polar surface area (TPSA) is 80.7 Å². The van der Waals surface area contributed by atoms with Gasteiger partial charge in [-0.2, -0.15) is 21.6 Å². The Balaban J connectivity index is 2.06. The average molecular weight is 420 g/mol. The number of hydrogen-bond donors (Lipinski definition) is 1. The Morgan fingerprint density at radius 2 is 1.89 bits per heavy atom. The highest BCUT2D eigenvalue weighted by molar-refractivity contribution is 7.88. The summed E-state index contributed by atoms with van der Waals surface area (Å²) in [6.45, 7) is 5.57. The lowest BCUT2D eigenvalue weighted by Crippen LogP contribution is -2.55. The summed E-state index contributed by atoms with van der Waals surface area (Å²) < 4.78 is 65.0. The van der Waals surface area contributed by atoms with Crippen LogP contribution < -0.4 is 4.18 Å². The molecule has 0 heterocycles. The van der Waals surface area contributed by atoms with Crippen molar-refractivity contribution in [3.63, 3.8) is 0 Å². The summed E-state index contributed by atoms with van der Waals surface area (Å²) in [6, 6.07) is 4.13. The highest BCUT2D eigenvalue weighted by Crippen LogP contribution is 2.59. The second-order valence-corrected chi connectivity index (χ2v) is 9.88. The van der Waals surface area contributed by atoms with Gasteiger partial charge in [0.2, 0.25) is 0 Å². The van der Waals surface area contributed by atoms with Crippen molar-refractivity contribution in [2.75, 3.05) is 0 Å². The van der Waals surface area contributed by atoms with Crippen molar-refractivity contribution in [2.24, 2.45) is 17.3 Å². The van der Waals surface area contributed by atoms with E-state index >= 15 is 0 Å². The largest absolute Gasteiger partial charge is 0.534 e. The smallest absolute Gasteiger partial charge is 0.481 e. The van der Waals surface area contributed by atoms with Gasteiger partial charge in [-0.3, -0.25) is 4.79 Å². The predicted molar refractivity (Wildman–Crippen MR) is 95.3 cm³/mol. The normalized spacial score (nSPS) is 32.9. The number of hydrogen-bond acceptors (Lipinski definition) is 4. The summed E-state index contributed by atoms with van der Waals surface area (Å²) in [5.41, 5.74) is -5.51. The quantitative estimate of drug-likeness (QED) is 0.584. The molecule has 1 N–H and O–H groups in total. The van der Waals surface area contributed by atoms with Crippen LogP contribution in [0.25, 0.3) is 0 Å². The Kier molecular flexibility index (Phi) is 4.76. The second kappa shape index (κ2) is 6.37. The molecule has 1 aromatic carbocycles. The molecule has 3 rings (SSSR count). The lowest BCUT2D eigenvalue weighted by Gasteiger charge is -2.56.